The zero-order chi connectivity index (χ0) is 17.8. The molecule has 1 rings (SSSR count). The van der Waals surface area contributed by atoms with Crippen LogP contribution in [0.4, 0.5) is 0 Å². The molecule has 1 unspecified atom stereocenters. The molecule has 0 saturated carbocycles. The number of carbonyl (C=O) groups excluding carboxylic acids is 1. The van der Waals surface area contributed by atoms with Gasteiger partial charge in [-0.2, -0.15) is 0 Å². The summed E-state index contributed by atoms with van der Waals surface area (Å²) < 4.78 is 6.01. The van der Waals surface area contributed by atoms with Crippen molar-refractivity contribution in [1.29, 1.82) is 0 Å². The summed E-state index contributed by atoms with van der Waals surface area (Å²) in [6, 6.07) is 8.33. The third kappa shape index (κ3) is 8.29. The van der Waals surface area contributed by atoms with Gasteiger partial charge in [-0.1, -0.05) is 62.2 Å². The predicted molar refractivity (Wildman–Crippen MR) is 109 cm³/mol. The smallest absolute Gasteiger partial charge is 0.220 e. The van der Waals surface area contributed by atoms with Crippen LogP contribution in [0.2, 0.25) is 0 Å². The molecule has 0 fully saturated rings. The first kappa shape index (κ1) is 21.2. The van der Waals surface area contributed by atoms with Crippen LogP contribution in [0.25, 0.3) is 0 Å². The van der Waals surface area contributed by atoms with Gasteiger partial charge in [0.1, 0.15) is 5.78 Å². The number of hydrogen-bond donors (Lipinski definition) is 0. The molecule has 0 aliphatic heterocycles. The number of aryl methyl sites for hydroxylation is 1. The van der Waals surface area contributed by atoms with Gasteiger partial charge in [-0.25, -0.2) is 0 Å². The van der Waals surface area contributed by atoms with Gasteiger partial charge in [0.25, 0.3) is 0 Å². The van der Waals surface area contributed by atoms with Crippen molar-refractivity contribution in [3.8, 4) is 0 Å². The second-order valence-electron chi connectivity index (χ2n) is 6.03. The predicted octanol–water partition coefficient (Wildman–Crippen LogP) is 6.41. The minimum absolute atomic E-state index is 0.185. The summed E-state index contributed by atoms with van der Waals surface area (Å²) in [7, 11) is 0. The SMILES string of the molecule is CCCCCCC(=O)CCC(SC(=S)OCC)c1ccccc1C. The maximum Gasteiger partial charge on any atom is 0.220 e. The van der Waals surface area contributed by atoms with Crippen LogP contribution in [0.5, 0.6) is 0 Å². The number of hydrogen-bond acceptors (Lipinski definition) is 4. The van der Waals surface area contributed by atoms with Crippen LogP contribution in [0.3, 0.4) is 0 Å². The van der Waals surface area contributed by atoms with E-state index >= 15 is 0 Å². The van der Waals surface area contributed by atoms with Gasteiger partial charge in [0.2, 0.25) is 4.38 Å². The van der Waals surface area contributed by atoms with Crippen LogP contribution in [-0.4, -0.2) is 16.8 Å². The lowest BCUT2D eigenvalue weighted by atomic mass is 10.00. The molecule has 4 heteroatoms. The highest BCUT2D eigenvalue weighted by molar-refractivity contribution is 8.22. The van der Waals surface area contributed by atoms with E-state index in [1.165, 1.54) is 24.0 Å². The van der Waals surface area contributed by atoms with E-state index in [1.807, 2.05) is 19.1 Å². The number of ketones is 1. The van der Waals surface area contributed by atoms with Crippen molar-refractivity contribution in [2.75, 3.05) is 6.61 Å². The molecular weight excluding hydrogens is 336 g/mol. The van der Waals surface area contributed by atoms with Gasteiger partial charge in [-0.15, -0.1) is 0 Å². The van der Waals surface area contributed by atoms with Gasteiger partial charge >= 0.3 is 0 Å². The van der Waals surface area contributed by atoms with E-state index in [4.69, 9.17) is 17.0 Å². The average Bonchev–Trinajstić information content (AvgIpc) is 2.56. The maximum absolute atomic E-state index is 12.2. The Kier molecular flexibility index (Phi) is 11.0. The molecule has 1 aromatic carbocycles. The zero-order valence-electron chi connectivity index (χ0n) is 15.2. The normalized spacial score (nSPS) is 12.0. The molecule has 2 nitrogen and oxygen atoms in total. The summed E-state index contributed by atoms with van der Waals surface area (Å²) >= 11 is 6.87. The number of unbranched alkanes of at least 4 members (excludes halogenated alkanes) is 3. The van der Waals surface area contributed by atoms with Gasteiger partial charge in [-0.05, 0) is 50.0 Å². The fraction of sp³-hybridized carbons (Fsp3) is 0.600. The van der Waals surface area contributed by atoms with Crippen molar-refractivity contribution < 1.29 is 9.53 Å². The largest absolute Gasteiger partial charge is 0.479 e. The topological polar surface area (TPSA) is 26.3 Å². The number of carbonyl (C=O) groups is 1. The first-order valence-corrected chi connectivity index (χ1v) is 10.3. The molecule has 0 saturated heterocycles. The molecule has 0 bridgehead atoms. The Morgan fingerprint density at radius 3 is 2.58 bits per heavy atom. The number of rotatable bonds is 11. The summed E-state index contributed by atoms with van der Waals surface area (Å²) in [5.74, 6) is 0.368. The highest BCUT2D eigenvalue weighted by Crippen LogP contribution is 2.36. The van der Waals surface area contributed by atoms with Crippen LogP contribution in [0.15, 0.2) is 24.3 Å². The van der Waals surface area contributed by atoms with Gasteiger partial charge in [-0.3, -0.25) is 4.79 Å². The first-order valence-electron chi connectivity index (χ1n) is 8.99. The van der Waals surface area contributed by atoms with Gasteiger partial charge < -0.3 is 4.74 Å². The summed E-state index contributed by atoms with van der Waals surface area (Å²) in [6.07, 6.45) is 6.74. The molecule has 134 valence electrons. The van der Waals surface area contributed by atoms with Crippen molar-refractivity contribution in [3.05, 3.63) is 35.4 Å². The Morgan fingerprint density at radius 2 is 1.92 bits per heavy atom. The molecule has 0 amide bonds. The lowest BCUT2D eigenvalue weighted by molar-refractivity contribution is -0.119. The van der Waals surface area contributed by atoms with Gasteiger partial charge in [0.05, 0.1) is 6.61 Å². The lowest BCUT2D eigenvalue weighted by Gasteiger charge is -2.19. The monoisotopic (exact) mass is 366 g/mol. The van der Waals surface area contributed by atoms with E-state index < -0.39 is 0 Å². The van der Waals surface area contributed by atoms with Crippen LogP contribution in [0.1, 0.15) is 75.2 Å². The van der Waals surface area contributed by atoms with Crippen LogP contribution >= 0.6 is 24.0 Å². The molecule has 0 aliphatic rings. The maximum atomic E-state index is 12.2. The van der Waals surface area contributed by atoms with Crippen molar-refractivity contribution in [1.82, 2.24) is 0 Å². The molecule has 0 radical (unpaired) electrons. The lowest BCUT2D eigenvalue weighted by Crippen LogP contribution is -2.07. The highest BCUT2D eigenvalue weighted by atomic mass is 32.2. The molecule has 24 heavy (non-hydrogen) atoms. The summed E-state index contributed by atoms with van der Waals surface area (Å²) in [4.78, 5) is 12.2. The minimum atomic E-state index is 0.185. The van der Waals surface area contributed by atoms with E-state index in [1.54, 1.807) is 11.8 Å². The summed E-state index contributed by atoms with van der Waals surface area (Å²) in [6.45, 7) is 6.82. The van der Waals surface area contributed by atoms with Crippen molar-refractivity contribution in [3.63, 3.8) is 0 Å². The van der Waals surface area contributed by atoms with E-state index in [0.29, 0.717) is 29.6 Å². The Hall–Kier alpha value is -0.870. The van der Waals surface area contributed by atoms with Gasteiger partial charge in [0.15, 0.2) is 0 Å². The van der Waals surface area contributed by atoms with Crippen LogP contribution in [-0.2, 0) is 9.53 Å². The summed E-state index contributed by atoms with van der Waals surface area (Å²) in [5.41, 5.74) is 2.49. The van der Waals surface area contributed by atoms with Crippen LogP contribution < -0.4 is 0 Å². The zero-order valence-corrected chi connectivity index (χ0v) is 16.8. The van der Waals surface area contributed by atoms with Crippen molar-refractivity contribution in [2.24, 2.45) is 0 Å². The highest BCUT2D eigenvalue weighted by Gasteiger charge is 2.18. The quantitative estimate of drug-likeness (QED) is 0.334. The van der Waals surface area contributed by atoms with E-state index in [2.05, 4.69) is 26.0 Å². The second-order valence-corrected chi connectivity index (χ2v) is 7.84. The fourth-order valence-corrected chi connectivity index (χ4v) is 4.17. The first-order chi connectivity index (χ1) is 11.6. The van der Waals surface area contributed by atoms with E-state index in [9.17, 15) is 4.79 Å². The number of ether oxygens (including phenoxy) is 1. The Balaban J connectivity index is 2.60. The molecular formula is C20H30O2S2. The molecule has 0 heterocycles. The van der Waals surface area contributed by atoms with Crippen LogP contribution in [0, 0.1) is 6.92 Å². The van der Waals surface area contributed by atoms with Crippen molar-refractivity contribution in [2.45, 2.75) is 71.0 Å². The number of Topliss-reactive ketones (excluding diaryl/α,β-unsaturated/α-hetero) is 1. The number of benzene rings is 1. The number of thioether (sulfide) groups is 1. The fourth-order valence-electron chi connectivity index (χ4n) is 2.66. The van der Waals surface area contributed by atoms with E-state index in [-0.39, 0.29) is 5.25 Å². The Morgan fingerprint density at radius 1 is 1.17 bits per heavy atom. The van der Waals surface area contributed by atoms with Crippen molar-refractivity contribution >= 4 is 34.1 Å². The number of thiocarbonyl (C=S) groups is 1. The average molecular weight is 367 g/mol. The van der Waals surface area contributed by atoms with E-state index in [0.717, 1.165) is 19.3 Å². The minimum Gasteiger partial charge on any atom is -0.479 e. The molecule has 1 atom stereocenters. The standard InChI is InChI=1S/C20H30O2S2/c1-4-6-7-8-12-17(21)14-15-19(24-20(23)22-5-2)18-13-10-9-11-16(18)3/h9-11,13,19H,4-8,12,14-15H2,1-3H3. The summed E-state index contributed by atoms with van der Waals surface area (Å²) in [5, 5.41) is 0.185. The Bertz CT molecular complexity index is 514. The molecule has 1 aromatic rings. The Labute approximate surface area is 156 Å². The molecule has 0 spiro atoms. The van der Waals surface area contributed by atoms with Gasteiger partial charge in [0, 0.05) is 18.1 Å². The third-order valence-electron chi connectivity index (χ3n) is 4.03. The molecule has 0 N–H and O–H groups in total. The molecule has 0 aliphatic carbocycles. The third-order valence-corrected chi connectivity index (χ3v) is 5.52. The second kappa shape index (κ2) is 12.5. The molecule has 0 aromatic heterocycles.